The first-order valence-corrected chi connectivity index (χ1v) is 14.5. The fourth-order valence-electron chi connectivity index (χ4n) is 3.34. The summed E-state index contributed by atoms with van der Waals surface area (Å²) in [6, 6.07) is 14.7. The van der Waals surface area contributed by atoms with Crippen molar-refractivity contribution in [3.05, 3.63) is 70.8 Å². The number of rotatable bonds is 10. The average Bonchev–Trinajstić information content (AvgIpc) is 2.97. The summed E-state index contributed by atoms with van der Waals surface area (Å²) in [5.41, 5.74) is 2.34. The fourth-order valence-corrected chi connectivity index (χ4v) is 3.34. The van der Waals surface area contributed by atoms with Crippen LogP contribution in [0.25, 0.3) is 0 Å². The largest absolute Gasteiger partial charge is 0.444 e. The predicted octanol–water partition coefficient (Wildman–Crippen LogP) is 4.90. The Morgan fingerprint density at radius 2 is 0.761 bits per heavy atom. The van der Waals surface area contributed by atoms with Crippen molar-refractivity contribution in [2.24, 2.45) is 0 Å². The minimum Gasteiger partial charge on any atom is -0.444 e. The number of hydrogen-bond acceptors (Lipinski definition) is 8. The summed E-state index contributed by atoms with van der Waals surface area (Å²) in [7, 11) is 0. The number of carbonyl (C=O) groups excluding carboxylic acids is 4. The summed E-state index contributed by atoms with van der Waals surface area (Å²) in [5.74, 6) is 10.2. The molecule has 0 bridgehead atoms. The standard InChI is InChI=1S/C34H42N4O8/c1-33(2,3)45-31(41)37-23-27-15-11-25(12-16-27)21-35-29(39)43-19-9-7-8-10-20-44-30(40)36-22-26-13-17-28(18-14-26)24-38-32(42)46-34(4,5)6/h11-18H,19-24H2,1-6H3,(H,35,39)(H,36,40)(H,37,41)(H,38,42). The lowest BCUT2D eigenvalue weighted by Crippen LogP contribution is -2.32. The van der Waals surface area contributed by atoms with E-state index in [1.54, 1.807) is 41.5 Å². The monoisotopic (exact) mass is 634 g/mol. The third-order valence-corrected chi connectivity index (χ3v) is 5.38. The Bertz CT molecular complexity index is 1320. The molecular weight excluding hydrogens is 592 g/mol. The van der Waals surface area contributed by atoms with E-state index in [0.717, 1.165) is 22.3 Å². The van der Waals surface area contributed by atoms with Crippen molar-refractivity contribution in [1.82, 2.24) is 21.3 Å². The summed E-state index contributed by atoms with van der Waals surface area (Å²) < 4.78 is 20.4. The number of nitrogens with one attached hydrogen (secondary N) is 4. The van der Waals surface area contributed by atoms with Crippen molar-refractivity contribution < 1.29 is 38.1 Å². The van der Waals surface area contributed by atoms with E-state index in [4.69, 9.17) is 18.9 Å². The maximum atomic E-state index is 11.9. The molecule has 46 heavy (non-hydrogen) atoms. The van der Waals surface area contributed by atoms with Crippen LogP contribution in [0.15, 0.2) is 48.5 Å². The van der Waals surface area contributed by atoms with Gasteiger partial charge in [0, 0.05) is 26.2 Å². The third kappa shape index (κ3) is 17.7. The highest BCUT2D eigenvalue weighted by Crippen LogP contribution is 2.09. The van der Waals surface area contributed by atoms with Gasteiger partial charge in [-0.1, -0.05) is 48.5 Å². The van der Waals surface area contributed by atoms with Crippen LogP contribution in [0.5, 0.6) is 0 Å². The van der Waals surface area contributed by atoms with Gasteiger partial charge in [-0.15, -0.1) is 0 Å². The van der Waals surface area contributed by atoms with Gasteiger partial charge in [0.05, 0.1) is 0 Å². The van der Waals surface area contributed by atoms with Crippen molar-refractivity contribution in [3.8, 4) is 23.7 Å². The van der Waals surface area contributed by atoms with Gasteiger partial charge >= 0.3 is 24.4 Å². The first kappa shape index (κ1) is 36.8. The molecule has 0 aliphatic heterocycles. The van der Waals surface area contributed by atoms with Crippen molar-refractivity contribution in [2.45, 2.75) is 78.9 Å². The molecule has 0 aliphatic rings. The van der Waals surface area contributed by atoms with E-state index in [1.165, 1.54) is 0 Å². The van der Waals surface area contributed by atoms with Gasteiger partial charge in [0.15, 0.2) is 13.2 Å². The SMILES string of the molecule is CC(C)(C)OC(=O)NCc1ccc(CNC(=O)OCC#CC#CCOC(=O)NCc2ccc(CNC(=O)OC(C)(C)C)cc2)cc1. The van der Waals surface area contributed by atoms with Gasteiger partial charge in [-0.3, -0.25) is 0 Å². The molecule has 12 nitrogen and oxygen atoms in total. The Labute approximate surface area is 270 Å². The molecular formula is C34H42N4O8. The zero-order valence-corrected chi connectivity index (χ0v) is 27.1. The van der Waals surface area contributed by atoms with Crippen molar-refractivity contribution in [1.29, 1.82) is 0 Å². The number of benzene rings is 2. The Morgan fingerprint density at radius 1 is 0.500 bits per heavy atom. The van der Waals surface area contributed by atoms with Crippen LogP contribution in [0.4, 0.5) is 19.2 Å². The highest BCUT2D eigenvalue weighted by atomic mass is 16.6. The summed E-state index contributed by atoms with van der Waals surface area (Å²) in [4.78, 5) is 47.3. The van der Waals surface area contributed by atoms with E-state index in [1.807, 2.05) is 48.5 Å². The maximum Gasteiger partial charge on any atom is 0.408 e. The van der Waals surface area contributed by atoms with E-state index in [-0.39, 0.29) is 26.3 Å². The molecule has 0 saturated heterocycles. The smallest absolute Gasteiger partial charge is 0.408 e. The second-order valence-corrected chi connectivity index (χ2v) is 11.8. The van der Waals surface area contributed by atoms with E-state index in [2.05, 4.69) is 44.9 Å². The van der Waals surface area contributed by atoms with Gasteiger partial charge in [-0.2, -0.15) is 0 Å². The molecule has 0 radical (unpaired) electrons. The number of amides is 4. The molecule has 2 rings (SSSR count). The molecule has 0 heterocycles. The molecule has 0 fully saturated rings. The van der Waals surface area contributed by atoms with Crippen molar-refractivity contribution in [3.63, 3.8) is 0 Å². The highest BCUT2D eigenvalue weighted by molar-refractivity contribution is 5.69. The Morgan fingerprint density at radius 3 is 1.02 bits per heavy atom. The molecule has 4 N–H and O–H groups in total. The first-order chi connectivity index (χ1) is 21.7. The van der Waals surface area contributed by atoms with Gasteiger partial charge in [0.2, 0.25) is 0 Å². The quantitative estimate of drug-likeness (QED) is 0.213. The maximum absolute atomic E-state index is 11.9. The second kappa shape index (κ2) is 18.4. The molecule has 246 valence electrons. The van der Waals surface area contributed by atoms with Crippen LogP contribution >= 0.6 is 0 Å². The normalized spacial score (nSPS) is 10.5. The average molecular weight is 635 g/mol. The molecule has 0 aliphatic carbocycles. The van der Waals surface area contributed by atoms with Gasteiger partial charge in [0.1, 0.15) is 11.2 Å². The van der Waals surface area contributed by atoms with E-state index >= 15 is 0 Å². The van der Waals surface area contributed by atoms with Gasteiger partial charge in [-0.05, 0) is 87.5 Å². The second-order valence-electron chi connectivity index (χ2n) is 11.8. The van der Waals surface area contributed by atoms with Crippen molar-refractivity contribution >= 4 is 24.4 Å². The zero-order chi connectivity index (χ0) is 34.0. The Kier molecular flexibility index (Phi) is 14.8. The van der Waals surface area contributed by atoms with E-state index in [9.17, 15) is 19.2 Å². The Balaban J connectivity index is 1.56. The number of hydrogen-bond donors (Lipinski definition) is 4. The molecule has 0 spiro atoms. The van der Waals surface area contributed by atoms with Gasteiger partial charge < -0.3 is 40.2 Å². The van der Waals surface area contributed by atoms with Crippen LogP contribution < -0.4 is 21.3 Å². The van der Waals surface area contributed by atoms with Crippen LogP contribution in [0.2, 0.25) is 0 Å². The van der Waals surface area contributed by atoms with Gasteiger partial charge in [0.25, 0.3) is 0 Å². The lowest BCUT2D eigenvalue weighted by Gasteiger charge is -2.19. The van der Waals surface area contributed by atoms with Gasteiger partial charge in [-0.25, -0.2) is 19.2 Å². The molecule has 0 saturated carbocycles. The van der Waals surface area contributed by atoms with Crippen LogP contribution in [0.3, 0.4) is 0 Å². The number of ether oxygens (including phenoxy) is 4. The molecule has 2 aromatic rings. The third-order valence-electron chi connectivity index (χ3n) is 5.38. The van der Waals surface area contributed by atoms with E-state index in [0.29, 0.717) is 13.1 Å². The lowest BCUT2D eigenvalue weighted by molar-refractivity contribution is 0.0512. The molecule has 4 amide bonds. The first-order valence-electron chi connectivity index (χ1n) is 14.5. The van der Waals surface area contributed by atoms with Crippen molar-refractivity contribution in [2.75, 3.05) is 13.2 Å². The summed E-state index contributed by atoms with van der Waals surface area (Å²) in [6.07, 6.45) is -2.25. The summed E-state index contributed by atoms with van der Waals surface area (Å²) >= 11 is 0. The van der Waals surface area contributed by atoms with Crippen LogP contribution in [-0.4, -0.2) is 48.8 Å². The van der Waals surface area contributed by atoms with Crippen LogP contribution in [-0.2, 0) is 45.1 Å². The molecule has 0 aromatic heterocycles. The molecule has 0 atom stereocenters. The van der Waals surface area contributed by atoms with E-state index < -0.39 is 35.6 Å². The minimum atomic E-state index is -0.634. The molecule has 12 heteroatoms. The number of alkyl carbamates (subject to hydrolysis) is 4. The zero-order valence-electron chi connectivity index (χ0n) is 27.1. The Hall–Kier alpha value is -5.36. The molecule has 0 unspecified atom stereocenters. The topological polar surface area (TPSA) is 153 Å². The summed E-state index contributed by atoms with van der Waals surface area (Å²) in [6.45, 7) is 11.6. The lowest BCUT2D eigenvalue weighted by atomic mass is 10.1. The molecule has 2 aromatic carbocycles. The minimum absolute atomic E-state index is 0.160. The fraction of sp³-hybridized carbons (Fsp3) is 0.412. The summed E-state index contributed by atoms with van der Waals surface area (Å²) in [5, 5.41) is 10.6. The predicted molar refractivity (Wildman–Crippen MR) is 171 cm³/mol. The number of carbonyl (C=O) groups is 4. The van der Waals surface area contributed by atoms with Crippen LogP contribution in [0, 0.1) is 23.7 Å². The van der Waals surface area contributed by atoms with Crippen LogP contribution in [0.1, 0.15) is 63.8 Å². The highest BCUT2D eigenvalue weighted by Gasteiger charge is 2.16.